The van der Waals surface area contributed by atoms with Gasteiger partial charge in [0.1, 0.15) is 5.75 Å². The summed E-state index contributed by atoms with van der Waals surface area (Å²) in [4.78, 5) is 12.7. The zero-order valence-corrected chi connectivity index (χ0v) is 16.2. The topological polar surface area (TPSA) is 77.3 Å². The second-order valence-corrected chi connectivity index (χ2v) is 7.27. The summed E-state index contributed by atoms with van der Waals surface area (Å²) in [6.45, 7) is 4.79. The van der Waals surface area contributed by atoms with E-state index in [1.165, 1.54) is 19.3 Å². The molecule has 0 unspecified atom stereocenters. The molecule has 1 saturated carbocycles. The maximum atomic E-state index is 12.7. The molecule has 1 fully saturated rings. The second kappa shape index (κ2) is 9.53. The molecule has 1 heterocycles. The third kappa shape index (κ3) is 5.08. The summed E-state index contributed by atoms with van der Waals surface area (Å²) < 4.78 is 10.3. The van der Waals surface area contributed by atoms with Crippen LogP contribution in [0.25, 0.3) is 11.3 Å². The number of ether oxygens (including phenoxy) is 1. The average Bonchev–Trinajstić information content (AvgIpc) is 3.15. The van der Waals surface area contributed by atoms with Crippen LogP contribution in [0.4, 0.5) is 5.82 Å². The minimum atomic E-state index is 0.0202. The number of benzene rings is 1. The molecular weight excluding hydrogens is 342 g/mol. The standard InChI is InChI=1S/C21H29N3O3/c1-3-5-6-15-7-9-17(10-8-15)21(25)22-20-19(23-27-24-20)16-11-13-18(14-12-16)26-4-2/h11-15,17H,3-10H2,1-2H3,(H,22,24,25). The first kappa shape index (κ1) is 19.4. The summed E-state index contributed by atoms with van der Waals surface area (Å²) in [6.07, 6.45) is 8.00. The van der Waals surface area contributed by atoms with Crippen molar-refractivity contribution < 1.29 is 14.2 Å². The van der Waals surface area contributed by atoms with Crippen LogP contribution in [0.2, 0.25) is 0 Å². The zero-order valence-electron chi connectivity index (χ0n) is 16.2. The lowest BCUT2D eigenvalue weighted by Gasteiger charge is -2.27. The third-order valence-corrected chi connectivity index (χ3v) is 5.35. The summed E-state index contributed by atoms with van der Waals surface area (Å²) in [5.74, 6) is 2.03. The van der Waals surface area contributed by atoms with E-state index in [9.17, 15) is 4.79 Å². The van der Waals surface area contributed by atoms with E-state index in [2.05, 4.69) is 22.6 Å². The molecule has 1 aromatic carbocycles. The van der Waals surface area contributed by atoms with E-state index in [1.807, 2.05) is 31.2 Å². The second-order valence-electron chi connectivity index (χ2n) is 7.27. The van der Waals surface area contributed by atoms with Gasteiger partial charge in [0.05, 0.1) is 6.61 Å². The Labute approximate surface area is 160 Å². The van der Waals surface area contributed by atoms with Crippen LogP contribution < -0.4 is 10.1 Å². The minimum Gasteiger partial charge on any atom is -0.494 e. The van der Waals surface area contributed by atoms with E-state index >= 15 is 0 Å². The molecule has 6 nitrogen and oxygen atoms in total. The number of unbranched alkanes of at least 4 members (excludes halogenated alkanes) is 1. The van der Waals surface area contributed by atoms with Crippen LogP contribution in [-0.4, -0.2) is 22.8 Å². The van der Waals surface area contributed by atoms with Crippen LogP contribution >= 0.6 is 0 Å². The van der Waals surface area contributed by atoms with Gasteiger partial charge in [0.15, 0.2) is 5.69 Å². The molecule has 0 spiro atoms. The number of hydrogen-bond acceptors (Lipinski definition) is 5. The van der Waals surface area contributed by atoms with Crippen molar-refractivity contribution >= 4 is 11.7 Å². The fraction of sp³-hybridized carbons (Fsp3) is 0.571. The van der Waals surface area contributed by atoms with Crippen LogP contribution in [0.15, 0.2) is 28.9 Å². The van der Waals surface area contributed by atoms with Gasteiger partial charge in [-0.05, 0) is 73.1 Å². The average molecular weight is 371 g/mol. The molecule has 1 amide bonds. The molecule has 3 rings (SSSR count). The van der Waals surface area contributed by atoms with Crippen LogP contribution in [0.3, 0.4) is 0 Å². The van der Waals surface area contributed by atoms with E-state index in [0.717, 1.165) is 42.9 Å². The fourth-order valence-electron chi connectivity index (χ4n) is 3.76. The molecule has 1 aromatic heterocycles. The highest BCUT2D eigenvalue weighted by atomic mass is 16.6. The van der Waals surface area contributed by atoms with Gasteiger partial charge in [0.2, 0.25) is 11.7 Å². The van der Waals surface area contributed by atoms with E-state index in [0.29, 0.717) is 18.1 Å². The predicted molar refractivity (Wildman–Crippen MR) is 105 cm³/mol. The molecule has 1 aliphatic rings. The van der Waals surface area contributed by atoms with Gasteiger partial charge < -0.3 is 10.1 Å². The van der Waals surface area contributed by atoms with Crippen molar-refractivity contribution in [2.75, 3.05) is 11.9 Å². The van der Waals surface area contributed by atoms with Crippen molar-refractivity contribution in [1.29, 1.82) is 0 Å². The summed E-state index contributed by atoms with van der Waals surface area (Å²) in [6, 6.07) is 7.52. The van der Waals surface area contributed by atoms with E-state index in [4.69, 9.17) is 9.37 Å². The number of hydrogen-bond donors (Lipinski definition) is 1. The van der Waals surface area contributed by atoms with Crippen molar-refractivity contribution in [2.24, 2.45) is 11.8 Å². The Bertz CT molecular complexity index is 719. The van der Waals surface area contributed by atoms with Crippen molar-refractivity contribution in [3.05, 3.63) is 24.3 Å². The molecule has 146 valence electrons. The molecule has 2 aromatic rings. The Balaban J connectivity index is 1.59. The SMILES string of the molecule is CCCCC1CCC(C(=O)Nc2nonc2-c2ccc(OCC)cc2)CC1. The van der Waals surface area contributed by atoms with Gasteiger partial charge in [-0.1, -0.05) is 26.2 Å². The first-order valence-corrected chi connectivity index (χ1v) is 10.1. The van der Waals surface area contributed by atoms with Gasteiger partial charge in [-0.15, -0.1) is 0 Å². The molecule has 27 heavy (non-hydrogen) atoms. The van der Waals surface area contributed by atoms with E-state index in [-0.39, 0.29) is 11.8 Å². The van der Waals surface area contributed by atoms with E-state index < -0.39 is 0 Å². The highest BCUT2D eigenvalue weighted by Crippen LogP contribution is 2.33. The summed E-state index contributed by atoms with van der Waals surface area (Å²) >= 11 is 0. The van der Waals surface area contributed by atoms with Crippen molar-refractivity contribution in [3.8, 4) is 17.0 Å². The van der Waals surface area contributed by atoms with Crippen LogP contribution in [0.1, 0.15) is 58.8 Å². The van der Waals surface area contributed by atoms with Crippen molar-refractivity contribution in [2.45, 2.75) is 58.8 Å². The molecule has 1 N–H and O–H groups in total. The van der Waals surface area contributed by atoms with E-state index in [1.54, 1.807) is 0 Å². The number of amides is 1. The van der Waals surface area contributed by atoms with Gasteiger partial charge in [0.25, 0.3) is 0 Å². The molecule has 0 atom stereocenters. The lowest BCUT2D eigenvalue weighted by atomic mass is 9.79. The maximum Gasteiger partial charge on any atom is 0.228 e. The monoisotopic (exact) mass is 371 g/mol. The first-order chi connectivity index (χ1) is 13.2. The van der Waals surface area contributed by atoms with Gasteiger partial charge in [-0.2, -0.15) is 0 Å². The Hall–Kier alpha value is -2.37. The molecule has 0 aliphatic heterocycles. The number of carbonyl (C=O) groups is 1. The number of aromatic nitrogens is 2. The van der Waals surface area contributed by atoms with Gasteiger partial charge in [-0.25, -0.2) is 4.63 Å². The van der Waals surface area contributed by atoms with Gasteiger partial charge >= 0.3 is 0 Å². The van der Waals surface area contributed by atoms with Crippen LogP contribution in [0.5, 0.6) is 5.75 Å². The maximum absolute atomic E-state index is 12.7. The minimum absolute atomic E-state index is 0.0202. The molecule has 0 saturated heterocycles. The largest absolute Gasteiger partial charge is 0.494 e. The highest BCUT2D eigenvalue weighted by molar-refractivity contribution is 5.94. The van der Waals surface area contributed by atoms with Crippen molar-refractivity contribution in [3.63, 3.8) is 0 Å². The Morgan fingerprint density at radius 3 is 2.56 bits per heavy atom. The first-order valence-electron chi connectivity index (χ1n) is 10.1. The number of rotatable bonds is 8. The van der Waals surface area contributed by atoms with Gasteiger partial charge in [-0.3, -0.25) is 4.79 Å². The Kier molecular flexibility index (Phi) is 6.85. The quantitative estimate of drug-likeness (QED) is 0.701. The summed E-state index contributed by atoms with van der Waals surface area (Å²) in [7, 11) is 0. The number of nitrogens with zero attached hydrogens (tertiary/aromatic N) is 2. The van der Waals surface area contributed by atoms with Gasteiger partial charge in [0, 0.05) is 11.5 Å². The van der Waals surface area contributed by atoms with Crippen LogP contribution in [-0.2, 0) is 4.79 Å². The number of anilines is 1. The Morgan fingerprint density at radius 2 is 1.89 bits per heavy atom. The number of carbonyl (C=O) groups excluding carboxylic acids is 1. The molecule has 1 aliphatic carbocycles. The lowest BCUT2D eigenvalue weighted by Crippen LogP contribution is -2.27. The Morgan fingerprint density at radius 1 is 1.15 bits per heavy atom. The normalized spacial score (nSPS) is 19.6. The zero-order chi connectivity index (χ0) is 19.1. The summed E-state index contributed by atoms with van der Waals surface area (Å²) in [5.41, 5.74) is 1.38. The smallest absolute Gasteiger partial charge is 0.228 e. The lowest BCUT2D eigenvalue weighted by molar-refractivity contribution is -0.121. The highest BCUT2D eigenvalue weighted by Gasteiger charge is 2.27. The fourth-order valence-corrected chi connectivity index (χ4v) is 3.76. The third-order valence-electron chi connectivity index (χ3n) is 5.35. The van der Waals surface area contributed by atoms with Crippen LogP contribution in [0, 0.1) is 11.8 Å². The van der Waals surface area contributed by atoms with Crippen molar-refractivity contribution in [1.82, 2.24) is 10.3 Å². The molecule has 6 heteroatoms. The molecular formula is C21H29N3O3. The molecule has 0 bridgehead atoms. The summed E-state index contributed by atoms with van der Waals surface area (Å²) in [5, 5.41) is 10.8. The predicted octanol–water partition coefficient (Wildman–Crippen LogP) is 5.07. The molecule has 0 radical (unpaired) electrons. The number of nitrogens with one attached hydrogen (secondary N) is 1.